The van der Waals surface area contributed by atoms with Gasteiger partial charge in [0, 0.05) is 25.9 Å². The summed E-state index contributed by atoms with van der Waals surface area (Å²) in [5.74, 6) is -0.0433. The highest BCUT2D eigenvalue weighted by Gasteiger charge is 2.15. The molecule has 2 aromatic carbocycles. The summed E-state index contributed by atoms with van der Waals surface area (Å²) in [5, 5.41) is 0. The van der Waals surface area contributed by atoms with Gasteiger partial charge in [0.15, 0.2) is 0 Å². The number of benzene rings is 2. The highest BCUT2D eigenvalue weighted by molar-refractivity contribution is 5.99. The second-order valence-corrected chi connectivity index (χ2v) is 5.55. The van der Waals surface area contributed by atoms with Crippen molar-refractivity contribution in [3.63, 3.8) is 0 Å². The molecule has 0 aliphatic heterocycles. The molecule has 0 atom stereocenters. The number of amides is 1. The summed E-state index contributed by atoms with van der Waals surface area (Å²) < 4.78 is 0. The second kappa shape index (κ2) is 6.44. The van der Waals surface area contributed by atoms with E-state index in [4.69, 9.17) is 0 Å². The summed E-state index contributed by atoms with van der Waals surface area (Å²) in [4.78, 5) is 18.4. The minimum Gasteiger partial charge on any atom is -0.345 e. The minimum atomic E-state index is -0.0433. The van der Waals surface area contributed by atoms with Crippen molar-refractivity contribution in [1.82, 2.24) is 9.88 Å². The van der Waals surface area contributed by atoms with Crippen molar-refractivity contribution in [2.24, 2.45) is 0 Å². The van der Waals surface area contributed by atoms with E-state index in [1.54, 1.807) is 31.3 Å². The van der Waals surface area contributed by atoms with Crippen LogP contribution in [0.1, 0.15) is 10.4 Å². The average molecular weight is 302 g/mol. The molecule has 0 N–H and O–H groups in total. The van der Waals surface area contributed by atoms with Gasteiger partial charge < -0.3 is 4.90 Å². The first-order chi connectivity index (χ1) is 11.2. The van der Waals surface area contributed by atoms with Crippen LogP contribution in [0.4, 0.5) is 0 Å². The maximum atomic E-state index is 12.4. The Labute approximate surface area is 136 Å². The van der Waals surface area contributed by atoms with Gasteiger partial charge in [-0.3, -0.25) is 9.78 Å². The molecular weight excluding hydrogens is 284 g/mol. The summed E-state index contributed by atoms with van der Waals surface area (Å²) in [6, 6.07) is 21.9. The van der Waals surface area contributed by atoms with Crippen molar-refractivity contribution >= 4 is 5.91 Å². The Morgan fingerprint density at radius 3 is 2.26 bits per heavy atom. The first-order valence-corrected chi connectivity index (χ1v) is 7.49. The van der Waals surface area contributed by atoms with Gasteiger partial charge in [-0.2, -0.15) is 0 Å². The molecule has 23 heavy (non-hydrogen) atoms. The van der Waals surface area contributed by atoms with Gasteiger partial charge in [-0.25, -0.2) is 0 Å². The smallest absolute Gasteiger partial charge is 0.255 e. The van der Waals surface area contributed by atoms with Crippen molar-refractivity contribution in [1.29, 1.82) is 0 Å². The van der Waals surface area contributed by atoms with E-state index in [-0.39, 0.29) is 5.91 Å². The van der Waals surface area contributed by atoms with Crippen molar-refractivity contribution < 1.29 is 4.79 Å². The normalized spacial score (nSPS) is 10.3. The summed E-state index contributed by atoms with van der Waals surface area (Å²) in [6.45, 7) is 0. The third kappa shape index (κ3) is 3.14. The van der Waals surface area contributed by atoms with Crippen molar-refractivity contribution in [2.75, 3.05) is 14.1 Å². The minimum absolute atomic E-state index is 0.0433. The second-order valence-electron chi connectivity index (χ2n) is 5.55. The lowest BCUT2D eigenvalue weighted by molar-refractivity contribution is 0.0828. The zero-order valence-electron chi connectivity index (χ0n) is 13.2. The molecule has 0 spiro atoms. The molecule has 0 saturated carbocycles. The van der Waals surface area contributed by atoms with Crippen molar-refractivity contribution in [3.05, 3.63) is 78.5 Å². The molecule has 1 amide bonds. The molecular formula is C20H18N2O. The molecule has 0 saturated heterocycles. The molecule has 114 valence electrons. The van der Waals surface area contributed by atoms with E-state index >= 15 is 0 Å². The number of carbonyl (C=O) groups excluding carboxylic acids is 1. The average Bonchev–Trinajstić information content (AvgIpc) is 2.62. The van der Waals surface area contributed by atoms with Gasteiger partial charge in [0.2, 0.25) is 0 Å². The molecule has 3 aromatic rings. The Hall–Kier alpha value is -2.94. The fraction of sp³-hybridized carbons (Fsp3) is 0.100. The summed E-state index contributed by atoms with van der Waals surface area (Å²) in [7, 11) is 3.50. The van der Waals surface area contributed by atoms with Crippen LogP contribution in [0.15, 0.2) is 72.9 Å². The highest BCUT2D eigenvalue weighted by atomic mass is 16.2. The van der Waals surface area contributed by atoms with Crippen LogP contribution in [0.3, 0.4) is 0 Å². The molecule has 0 aliphatic carbocycles. The Kier molecular flexibility index (Phi) is 4.20. The maximum absolute atomic E-state index is 12.4. The van der Waals surface area contributed by atoms with Gasteiger partial charge in [-0.05, 0) is 29.3 Å². The zero-order chi connectivity index (χ0) is 16.2. The van der Waals surface area contributed by atoms with E-state index in [0.717, 1.165) is 16.7 Å². The summed E-state index contributed by atoms with van der Waals surface area (Å²) in [6.07, 6.45) is 1.72. The van der Waals surface area contributed by atoms with Crippen LogP contribution < -0.4 is 0 Å². The first-order valence-electron chi connectivity index (χ1n) is 7.49. The number of hydrogen-bond acceptors (Lipinski definition) is 2. The third-order valence-corrected chi connectivity index (χ3v) is 3.69. The van der Waals surface area contributed by atoms with Crippen LogP contribution >= 0.6 is 0 Å². The van der Waals surface area contributed by atoms with Crippen LogP contribution in [0.25, 0.3) is 22.4 Å². The van der Waals surface area contributed by atoms with E-state index in [0.29, 0.717) is 11.3 Å². The Bertz CT molecular complexity index is 826. The van der Waals surface area contributed by atoms with Gasteiger partial charge in [0.05, 0.1) is 11.3 Å². The lowest BCUT2D eigenvalue weighted by Gasteiger charge is -2.14. The van der Waals surface area contributed by atoms with Crippen LogP contribution in [-0.2, 0) is 0 Å². The molecule has 3 rings (SSSR count). The topological polar surface area (TPSA) is 33.2 Å². The van der Waals surface area contributed by atoms with Crippen molar-refractivity contribution in [2.45, 2.75) is 0 Å². The third-order valence-electron chi connectivity index (χ3n) is 3.69. The number of hydrogen-bond donors (Lipinski definition) is 0. The van der Waals surface area contributed by atoms with Gasteiger partial charge >= 0.3 is 0 Å². The van der Waals surface area contributed by atoms with Gasteiger partial charge in [0.1, 0.15) is 0 Å². The van der Waals surface area contributed by atoms with Crippen LogP contribution in [0.5, 0.6) is 0 Å². The predicted molar refractivity (Wildman–Crippen MR) is 93.1 cm³/mol. The van der Waals surface area contributed by atoms with Crippen LogP contribution in [-0.4, -0.2) is 29.9 Å². The molecule has 0 bridgehead atoms. The SMILES string of the molecule is CN(C)C(=O)c1cccnc1-c1cccc(-c2ccccc2)c1. The highest BCUT2D eigenvalue weighted by Crippen LogP contribution is 2.27. The number of rotatable bonds is 3. The fourth-order valence-corrected chi connectivity index (χ4v) is 2.53. The van der Waals surface area contributed by atoms with Gasteiger partial charge in [0.25, 0.3) is 5.91 Å². The molecule has 0 unspecified atom stereocenters. The molecule has 1 heterocycles. The van der Waals surface area contributed by atoms with Gasteiger partial charge in [-0.1, -0.05) is 48.5 Å². The maximum Gasteiger partial charge on any atom is 0.255 e. The molecule has 1 aromatic heterocycles. The lowest BCUT2D eigenvalue weighted by atomic mass is 9.99. The number of nitrogens with zero attached hydrogens (tertiary/aromatic N) is 2. The van der Waals surface area contributed by atoms with E-state index in [1.165, 1.54) is 0 Å². The molecule has 3 heteroatoms. The standard InChI is InChI=1S/C20H18N2O/c1-22(2)20(23)18-12-7-13-21-19(18)17-11-6-10-16(14-17)15-8-4-3-5-9-15/h3-14H,1-2H3. The van der Waals surface area contributed by atoms with Crippen molar-refractivity contribution in [3.8, 4) is 22.4 Å². The number of aromatic nitrogens is 1. The predicted octanol–water partition coefficient (Wildman–Crippen LogP) is 4.12. The van der Waals surface area contributed by atoms with Gasteiger partial charge in [-0.15, -0.1) is 0 Å². The van der Waals surface area contributed by atoms with Crippen LogP contribution in [0, 0.1) is 0 Å². The molecule has 3 nitrogen and oxygen atoms in total. The zero-order valence-corrected chi connectivity index (χ0v) is 13.2. The Morgan fingerprint density at radius 1 is 0.826 bits per heavy atom. The van der Waals surface area contributed by atoms with E-state index < -0.39 is 0 Å². The summed E-state index contributed by atoms with van der Waals surface area (Å²) in [5.41, 5.74) is 4.52. The molecule has 0 radical (unpaired) electrons. The van der Waals surface area contributed by atoms with E-state index in [1.807, 2.05) is 36.4 Å². The number of carbonyl (C=O) groups is 1. The monoisotopic (exact) mass is 302 g/mol. The Balaban J connectivity index is 2.09. The van der Waals surface area contributed by atoms with E-state index in [2.05, 4.69) is 29.2 Å². The quantitative estimate of drug-likeness (QED) is 0.729. The number of pyridine rings is 1. The molecule has 0 fully saturated rings. The fourth-order valence-electron chi connectivity index (χ4n) is 2.53. The lowest BCUT2D eigenvalue weighted by Crippen LogP contribution is -2.22. The summed E-state index contributed by atoms with van der Waals surface area (Å²) >= 11 is 0. The first kappa shape index (κ1) is 15.0. The van der Waals surface area contributed by atoms with Crippen LogP contribution in [0.2, 0.25) is 0 Å². The largest absolute Gasteiger partial charge is 0.345 e. The molecule has 0 aliphatic rings. The Morgan fingerprint density at radius 2 is 1.52 bits per heavy atom. The van der Waals surface area contributed by atoms with E-state index in [9.17, 15) is 4.79 Å².